The molecule has 4 heteroatoms. The van der Waals surface area contributed by atoms with Crippen LogP contribution in [0.4, 0.5) is 5.69 Å². The highest BCUT2D eigenvalue weighted by Crippen LogP contribution is 2.30. The van der Waals surface area contributed by atoms with Gasteiger partial charge in [0.15, 0.2) is 0 Å². The summed E-state index contributed by atoms with van der Waals surface area (Å²) in [6, 6.07) is 5.56. The van der Waals surface area contributed by atoms with Gasteiger partial charge in [0.25, 0.3) is 0 Å². The average Bonchev–Trinajstić information content (AvgIpc) is 2.45. The second kappa shape index (κ2) is 2.93. The Labute approximate surface area is 86.2 Å². The molecule has 1 heterocycles. The number of fused-ring (bicyclic) bond motifs is 1. The van der Waals surface area contributed by atoms with Crippen LogP contribution in [0, 0.1) is 0 Å². The summed E-state index contributed by atoms with van der Waals surface area (Å²) in [6.07, 6.45) is 0. The van der Waals surface area contributed by atoms with Crippen LogP contribution in [-0.2, 0) is 5.60 Å². The van der Waals surface area contributed by atoms with Gasteiger partial charge >= 0.3 is 0 Å². The molecule has 0 unspecified atom stereocenters. The van der Waals surface area contributed by atoms with Crippen LogP contribution in [0.25, 0.3) is 10.2 Å². The van der Waals surface area contributed by atoms with Crippen molar-refractivity contribution in [3.05, 3.63) is 23.2 Å². The summed E-state index contributed by atoms with van der Waals surface area (Å²) in [7, 11) is 0. The molecule has 0 amide bonds. The molecule has 2 aromatic rings. The molecule has 1 aromatic heterocycles. The van der Waals surface area contributed by atoms with E-state index in [9.17, 15) is 5.11 Å². The zero-order valence-corrected chi connectivity index (χ0v) is 8.93. The third-order valence-corrected chi connectivity index (χ3v) is 3.27. The van der Waals surface area contributed by atoms with Gasteiger partial charge < -0.3 is 10.8 Å². The van der Waals surface area contributed by atoms with E-state index in [0.717, 1.165) is 20.9 Å². The van der Waals surface area contributed by atoms with Gasteiger partial charge in [0.2, 0.25) is 0 Å². The lowest BCUT2D eigenvalue weighted by molar-refractivity contribution is 0.0785. The first-order valence-electron chi connectivity index (χ1n) is 4.36. The number of anilines is 1. The standard InChI is InChI=1S/C10H12N2OS/c1-10(2,13)9-12-7-4-3-6(11)5-8(7)14-9/h3-5,13H,11H2,1-2H3. The Hall–Kier alpha value is -1.13. The number of thiazole rings is 1. The van der Waals surface area contributed by atoms with Crippen LogP contribution in [-0.4, -0.2) is 10.1 Å². The monoisotopic (exact) mass is 208 g/mol. The van der Waals surface area contributed by atoms with E-state index in [1.165, 1.54) is 11.3 Å². The Balaban J connectivity index is 2.63. The van der Waals surface area contributed by atoms with Crippen LogP contribution in [0.1, 0.15) is 18.9 Å². The highest BCUT2D eigenvalue weighted by atomic mass is 32.1. The maximum atomic E-state index is 9.78. The molecule has 0 saturated carbocycles. The first-order chi connectivity index (χ1) is 6.47. The minimum atomic E-state index is -0.877. The summed E-state index contributed by atoms with van der Waals surface area (Å²) < 4.78 is 1.02. The number of benzene rings is 1. The van der Waals surface area contributed by atoms with E-state index in [4.69, 9.17) is 5.73 Å². The van der Waals surface area contributed by atoms with E-state index < -0.39 is 5.60 Å². The third kappa shape index (κ3) is 1.58. The summed E-state index contributed by atoms with van der Waals surface area (Å²) in [5, 5.41) is 10.5. The fraction of sp³-hybridized carbons (Fsp3) is 0.300. The van der Waals surface area contributed by atoms with Gasteiger partial charge in [-0.2, -0.15) is 0 Å². The summed E-state index contributed by atoms with van der Waals surface area (Å²) in [6.45, 7) is 3.46. The fourth-order valence-corrected chi connectivity index (χ4v) is 2.22. The minimum Gasteiger partial charge on any atom is -0.399 e. The van der Waals surface area contributed by atoms with Crippen molar-refractivity contribution in [3.8, 4) is 0 Å². The molecule has 0 aliphatic heterocycles. The van der Waals surface area contributed by atoms with Gasteiger partial charge in [-0.25, -0.2) is 4.98 Å². The molecular weight excluding hydrogens is 196 g/mol. The van der Waals surface area contributed by atoms with E-state index >= 15 is 0 Å². The van der Waals surface area contributed by atoms with Crippen LogP contribution in [0.15, 0.2) is 18.2 Å². The molecule has 0 spiro atoms. The van der Waals surface area contributed by atoms with Gasteiger partial charge in [-0.1, -0.05) is 0 Å². The average molecular weight is 208 g/mol. The smallest absolute Gasteiger partial charge is 0.125 e. The van der Waals surface area contributed by atoms with Crippen molar-refractivity contribution in [1.29, 1.82) is 0 Å². The van der Waals surface area contributed by atoms with E-state index in [-0.39, 0.29) is 0 Å². The van der Waals surface area contributed by atoms with Crippen molar-refractivity contribution in [2.75, 3.05) is 5.73 Å². The predicted octanol–water partition coefficient (Wildman–Crippen LogP) is 2.11. The van der Waals surface area contributed by atoms with E-state index in [0.29, 0.717) is 0 Å². The van der Waals surface area contributed by atoms with Gasteiger partial charge in [0.1, 0.15) is 10.6 Å². The fourth-order valence-electron chi connectivity index (χ4n) is 1.20. The Morgan fingerprint density at radius 3 is 2.79 bits per heavy atom. The van der Waals surface area contributed by atoms with Crippen molar-refractivity contribution in [1.82, 2.24) is 4.98 Å². The van der Waals surface area contributed by atoms with Crippen LogP contribution >= 0.6 is 11.3 Å². The lowest BCUT2D eigenvalue weighted by atomic mass is 10.1. The maximum absolute atomic E-state index is 9.78. The highest BCUT2D eigenvalue weighted by molar-refractivity contribution is 7.18. The van der Waals surface area contributed by atoms with Crippen LogP contribution < -0.4 is 5.73 Å². The molecule has 0 radical (unpaired) electrons. The Morgan fingerprint density at radius 2 is 2.14 bits per heavy atom. The summed E-state index contributed by atoms with van der Waals surface area (Å²) >= 11 is 1.48. The van der Waals surface area contributed by atoms with Gasteiger partial charge in [-0.05, 0) is 32.0 Å². The Morgan fingerprint density at radius 1 is 1.43 bits per heavy atom. The maximum Gasteiger partial charge on any atom is 0.125 e. The van der Waals surface area contributed by atoms with Gasteiger partial charge in [0, 0.05) is 5.69 Å². The van der Waals surface area contributed by atoms with Gasteiger partial charge in [0.05, 0.1) is 10.2 Å². The number of aliphatic hydroxyl groups is 1. The second-order valence-electron chi connectivity index (χ2n) is 3.81. The molecule has 2 rings (SSSR count). The van der Waals surface area contributed by atoms with Crippen molar-refractivity contribution in [2.45, 2.75) is 19.4 Å². The first kappa shape index (κ1) is 9.43. The normalized spacial score (nSPS) is 12.2. The largest absolute Gasteiger partial charge is 0.399 e. The van der Waals surface area contributed by atoms with Crippen molar-refractivity contribution < 1.29 is 5.11 Å². The zero-order chi connectivity index (χ0) is 10.3. The lowest BCUT2D eigenvalue weighted by Gasteiger charge is -2.11. The van der Waals surface area contributed by atoms with Crippen LogP contribution in [0.3, 0.4) is 0 Å². The molecule has 0 atom stereocenters. The predicted molar refractivity (Wildman–Crippen MR) is 59.3 cm³/mol. The van der Waals surface area contributed by atoms with Crippen molar-refractivity contribution in [2.24, 2.45) is 0 Å². The molecule has 0 saturated heterocycles. The van der Waals surface area contributed by atoms with Gasteiger partial charge in [-0.15, -0.1) is 11.3 Å². The highest BCUT2D eigenvalue weighted by Gasteiger charge is 2.20. The molecule has 3 nitrogen and oxygen atoms in total. The van der Waals surface area contributed by atoms with Crippen LogP contribution in [0.2, 0.25) is 0 Å². The number of nitrogen functional groups attached to an aromatic ring is 1. The van der Waals surface area contributed by atoms with Crippen molar-refractivity contribution in [3.63, 3.8) is 0 Å². The topological polar surface area (TPSA) is 59.1 Å². The molecule has 74 valence electrons. The minimum absolute atomic E-state index is 0.720. The number of hydrogen-bond donors (Lipinski definition) is 2. The second-order valence-corrected chi connectivity index (χ2v) is 4.84. The SMILES string of the molecule is CC(C)(O)c1nc2ccc(N)cc2s1. The molecule has 1 aromatic carbocycles. The van der Waals surface area contributed by atoms with E-state index in [2.05, 4.69) is 4.98 Å². The molecule has 0 fully saturated rings. The Bertz CT molecular complexity index is 470. The number of nitrogens with zero attached hydrogens (tertiary/aromatic N) is 1. The van der Waals surface area contributed by atoms with Crippen molar-refractivity contribution >= 4 is 27.2 Å². The lowest BCUT2D eigenvalue weighted by Crippen LogP contribution is -2.14. The molecule has 0 aliphatic rings. The zero-order valence-electron chi connectivity index (χ0n) is 8.11. The number of hydrogen-bond acceptors (Lipinski definition) is 4. The van der Waals surface area contributed by atoms with Crippen LogP contribution in [0.5, 0.6) is 0 Å². The van der Waals surface area contributed by atoms with E-state index in [1.54, 1.807) is 13.8 Å². The summed E-state index contributed by atoms with van der Waals surface area (Å²) in [5.41, 5.74) is 6.40. The quantitative estimate of drug-likeness (QED) is 0.706. The molecule has 14 heavy (non-hydrogen) atoms. The summed E-state index contributed by atoms with van der Waals surface area (Å²) in [4.78, 5) is 4.34. The number of aromatic nitrogens is 1. The molecule has 0 aliphatic carbocycles. The third-order valence-electron chi connectivity index (χ3n) is 1.94. The molecule has 0 bridgehead atoms. The number of nitrogens with two attached hydrogens (primary N) is 1. The first-order valence-corrected chi connectivity index (χ1v) is 5.17. The number of rotatable bonds is 1. The Kier molecular flexibility index (Phi) is 1.97. The molecule has 3 N–H and O–H groups in total. The van der Waals surface area contributed by atoms with Gasteiger partial charge in [-0.3, -0.25) is 0 Å². The molecular formula is C10H12N2OS. The summed E-state index contributed by atoms with van der Waals surface area (Å²) in [5.74, 6) is 0. The van der Waals surface area contributed by atoms with E-state index in [1.807, 2.05) is 18.2 Å².